The molecule has 0 radical (unpaired) electrons. The van der Waals surface area contributed by atoms with Crippen LogP contribution in [-0.4, -0.2) is 71.2 Å². The predicted octanol–water partition coefficient (Wildman–Crippen LogP) is 1.70. The molecule has 2 amide bonds. The zero-order valence-electron chi connectivity index (χ0n) is 22.7. The van der Waals surface area contributed by atoms with Gasteiger partial charge in [-0.3, -0.25) is 14.4 Å². The molecule has 1 aromatic carbocycles. The van der Waals surface area contributed by atoms with E-state index in [0.29, 0.717) is 37.4 Å². The van der Waals surface area contributed by atoms with E-state index in [9.17, 15) is 19.5 Å². The van der Waals surface area contributed by atoms with Gasteiger partial charge in [-0.15, -0.1) is 0 Å². The first-order valence-corrected chi connectivity index (χ1v) is 13.8. The molecule has 2 aliphatic heterocycles. The quantitative estimate of drug-likeness (QED) is 0.223. The minimum Gasteiger partial charge on any atom is -0.465 e. The number of para-hydroxylation sites is 1. The molecule has 0 aliphatic carbocycles. The maximum absolute atomic E-state index is 13.8. The van der Waals surface area contributed by atoms with Gasteiger partial charge in [0.25, 0.3) is 5.91 Å². The molecule has 2 aromatic rings. The summed E-state index contributed by atoms with van der Waals surface area (Å²) in [4.78, 5) is 45.3. The molecule has 5 N–H and O–H groups in total. The second-order valence-corrected chi connectivity index (χ2v) is 10.2. The Balaban J connectivity index is 1.58. The van der Waals surface area contributed by atoms with Crippen LogP contribution in [0.2, 0.25) is 0 Å². The van der Waals surface area contributed by atoms with E-state index in [4.69, 9.17) is 15.5 Å². The van der Waals surface area contributed by atoms with Crippen molar-refractivity contribution in [1.82, 2.24) is 20.5 Å². The lowest BCUT2D eigenvalue weighted by molar-refractivity contribution is -0.157. The predicted molar refractivity (Wildman–Crippen MR) is 148 cm³/mol. The Morgan fingerprint density at radius 1 is 1.21 bits per heavy atom. The lowest BCUT2D eigenvalue weighted by Crippen LogP contribution is -2.57. The van der Waals surface area contributed by atoms with Gasteiger partial charge >= 0.3 is 5.97 Å². The van der Waals surface area contributed by atoms with Crippen LogP contribution in [0.1, 0.15) is 50.8 Å². The summed E-state index contributed by atoms with van der Waals surface area (Å²) in [6.07, 6.45) is 4.49. The number of nitrogens with one attached hydrogen (secondary N) is 2. The molecule has 2 unspecified atom stereocenters. The van der Waals surface area contributed by atoms with Crippen molar-refractivity contribution in [3.63, 3.8) is 0 Å². The number of fused-ring (bicyclic) bond motifs is 4. The maximum Gasteiger partial charge on any atom is 0.302 e. The van der Waals surface area contributed by atoms with Gasteiger partial charge in [-0.05, 0) is 57.5 Å². The van der Waals surface area contributed by atoms with Gasteiger partial charge in [-0.25, -0.2) is 4.98 Å². The first-order chi connectivity index (χ1) is 18.8. The molecule has 3 heterocycles. The third-order valence-corrected chi connectivity index (χ3v) is 7.59. The van der Waals surface area contributed by atoms with Crippen molar-refractivity contribution in [3.05, 3.63) is 47.7 Å². The zero-order valence-corrected chi connectivity index (χ0v) is 22.7. The number of unbranched alkanes of at least 4 members (excludes halogenated alkanes) is 1. The standard InChI is InChI=1S/C29H39N5O5/c1-3-29(38,28(37)32-14-8-13-31-12-7-6-11-30)23-16-25-26-21(15-20-9-4-5-10-24(20)33-26)17-34(25)27(36)22(23)18-39-19(2)35/h4-5,9-10,15-16,22-23,31,38H,3,6-8,11-14,17-18,30H2,1-2H3,(H,32,37)/t22?,23?,29-/m0/s1. The summed E-state index contributed by atoms with van der Waals surface area (Å²) >= 11 is 0. The molecule has 4 rings (SSSR count). The fourth-order valence-corrected chi connectivity index (χ4v) is 5.38. The number of nitrogens with zero attached hydrogens (tertiary/aromatic N) is 2. The van der Waals surface area contributed by atoms with Gasteiger partial charge in [0.15, 0.2) is 0 Å². The number of carbonyl (C=O) groups is 3. The monoisotopic (exact) mass is 537 g/mol. The molecule has 10 nitrogen and oxygen atoms in total. The molecular weight excluding hydrogens is 498 g/mol. The lowest BCUT2D eigenvalue weighted by Gasteiger charge is -2.41. The summed E-state index contributed by atoms with van der Waals surface area (Å²) in [6, 6.07) is 9.74. The largest absolute Gasteiger partial charge is 0.465 e. The van der Waals surface area contributed by atoms with Gasteiger partial charge in [0, 0.05) is 30.3 Å². The molecule has 0 saturated carbocycles. The van der Waals surface area contributed by atoms with Crippen LogP contribution in [0.3, 0.4) is 0 Å². The number of hydrogen-bond acceptors (Lipinski definition) is 8. The SMILES string of the molecule is CC[C@@](O)(C(=O)NCCCNCCCCN)C1C=C2c3nc4ccccc4cc3CN2C(=O)C1COC(C)=O. The van der Waals surface area contributed by atoms with E-state index in [1.807, 2.05) is 30.3 Å². The van der Waals surface area contributed by atoms with Crippen LogP contribution < -0.4 is 16.4 Å². The van der Waals surface area contributed by atoms with Crippen LogP contribution in [0.4, 0.5) is 0 Å². The molecule has 210 valence electrons. The molecule has 0 bridgehead atoms. The first-order valence-electron chi connectivity index (χ1n) is 13.8. The Morgan fingerprint density at radius 2 is 1.97 bits per heavy atom. The summed E-state index contributed by atoms with van der Waals surface area (Å²) in [5, 5.41) is 18.9. The van der Waals surface area contributed by atoms with Gasteiger partial charge in [0.2, 0.25) is 5.91 Å². The molecule has 39 heavy (non-hydrogen) atoms. The number of pyridine rings is 1. The minimum absolute atomic E-state index is 0.0759. The van der Waals surface area contributed by atoms with E-state index in [1.165, 1.54) is 6.92 Å². The maximum atomic E-state index is 13.8. The van der Waals surface area contributed by atoms with E-state index in [1.54, 1.807) is 17.9 Å². The highest BCUT2D eigenvalue weighted by Gasteiger charge is 2.52. The van der Waals surface area contributed by atoms with Gasteiger partial charge in [-0.1, -0.05) is 31.2 Å². The number of esters is 1. The van der Waals surface area contributed by atoms with Crippen LogP contribution in [-0.2, 0) is 25.7 Å². The fraction of sp³-hybridized carbons (Fsp3) is 0.517. The van der Waals surface area contributed by atoms with Crippen molar-refractivity contribution in [1.29, 1.82) is 0 Å². The number of benzene rings is 1. The van der Waals surface area contributed by atoms with E-state index in [0.717, 1.165) is 42.4 Å². The second-order valence-electron chi connectivity index (χ2n) is 10.2. The molecular formula is C29H39N5O5. The molecule has 1 aromatic heterocycles. The zero-order chi connectivity index (χ0) is 28.0. The van der Waals surface area contributed by atoms with Crippen molar-refractivity contribution in [2.45, 2.75) is 51.7 Å². The number of nitrogens with two attached hydrogens (primary N) is 1. The van der Waals surface area contributed by atoms with E-state index < -0.39 is 29.3 Å². The van der Waals surface area contributed by atoms with Gasteiger partial charge in [0.1, 0.15) is 12.2 Å². The summed E-state index contributed by atoms with van der Waals surface area (Å²) < 4.78 is 5.25. The number of ether oxygens (including phenoxy) is 1. The Hall–Kier alpha value is -3.34. The number of rotatable bonds is 13. The minimum atomic E-state index is -1.88. The molecule has 3 atom stereocenters. The number of hydrogen-bond donors (Lipinski definition) is 4. The van der Waals surface area contributed by atoms with Gasteiger partial charge in [-0.2, -0.15) is 0 Å². The van der Waals surface area contributed by atoms with Crippen LogP contribution in [0.25, 0.3) is 16.6 Å². The van der Waals surface area contributed by atoms with Crippen molar-refractivity contribution >= 4 is 34.4 Å². The topological polar surface area (TPSA) is 147 Å². The second kappa shape index (κ2) is 12.7. The molecule has 10 heteroatoms. The fourth-order valence-electron chi connectivity index (χ4n) is 5.38. The van der Waals surface area contributed by atoms with Crippen molar-refractivity contribution in [3.8, 4) is 0 Å². The Kier molecular flexibility index (Phi) is 9.32. The smallest absolute Gasteiger partial charge is 0.302 e. The third kappa shape index (κ3) is 6.13. The Labute approximate surface area is 229 Å². The average molecular weight is 538 g/mol. The average Bonchev–Trinajstić information content (AvgIpc) is 3.29. The molecule has 0 saturated heterocycles. The normalized spacial score (nSPS) is 19.7. The summed E-state index contributed by atoms with van der Waals surface area (Å²) in [5.74, 6) is -3.20. The van der Waals surface area contributed by atoms with Crippen molar-refractivity contribution in [2.75, 3.05) is 32.8 Å². The van der Waals surface area contributed by atoms with Crippen LogP contribution in [0, 0.1) is 11.8 Å². The number of aromatic nitrogens is 1. The van der Waals surface area contributed by atoms with Crippen molar-refractivity contribution in [2.24, 2.45) is 17.6 Å². The van der Waals surface area contributed by atoms with E-state index >= 15 is 0 Å². The molecule has 0 fully saturated rings. The van der Waals surface area contributed by atoms with Crippen molar-refractivity contribution < 1.29 is 24.2 Å². The van der Waals surface area contributed by atoms with Crippen LogP contribution in [0.15, 0.2) is 36.4 Å². The summed E-state index contributed by atoms with van der Waals surface area (Å²) in [6.45, 7) is 5.71. The Bertz CT molecular complexity index is 1250. The lowest BCUT2D eigenvalue weighted by atomic mass is 9.73. The van der Waals surface area contributed by atoms with E-state index in [-0.39, 0.29) is 18.9 Å². The van der Waals surface area contributed by atoms with Crippen LogP contribution >= 0.6 is 0 Å². The Morgan fingerprint density at radius 3 is 2.72 bits per heavy atom. The third-order valence-electron chi connectivity index (χ3n) is 7.59. The number of aliphatic hydroxyl groups is 1. The summed E-state index contributed by atoms with van der Waals surface area (Å²) in [7, 11) is 0. The van der Waals surface area contributed by atoms with Gasteiger partial charge < -0.3 is 31.1 Å². The highest BCUT2D eigenvalue weighted by atomic mass is 16.5. The number of amides is 2. The molecule has 2 aliphatic rings. The number of carbonyl (C=O) groups excluding carboxylic acids is 3. The van der Waals surface area contributed by atoms with E-state index in [2.05, 4.69) is 10.6 Å². The summed E-state index contributed by atoms with van der Waals surface area (Å²) in [5.41, 5.74) is 6.56. The molecule has 0 spiro atoms. The van der Waals surface area contributed by atoms with Crippen LogP contribution in [0.5, 0.6) is 0 Å². The van der Waals surface area contributed by atoms with Gasteiger partial charge in [0.05, 0.1) is 29.4 Å². The highest BCUT2D eigenvalue weighted by Crippen LogP contribution is 2.44. The highest BCUT2D eigenvalue weighted by molar-refractivity contribution is 5.97. The first kappa shape index (κ1) is 28.7.